The van der Waals surface area contributed by atoms with Gasteiger partial charge in [-0.3, -0.25) is 0 Å². The van der Waals surface area contributed by atoms with Crippen molar-refractivity contribution in [1.82, 2.24) is 4.81 Å². The Morgan fingerprint density at radius 3 is 2.58 bits per heavy atom. The molecule has 1 aliphatic heterocycles. The number of hydrogen-bond acceptors (Lipinski definition) is 2. The Kier molecular flexibility index (Phi) is 1.85. The van der Waals surface area contributed by atoms with Crippen molar-refractivity contribution in [3.8, 4) is 0 Å². The van der Waals surface area contributed by atoms with Crippen molar-refractivity contribution in [2.24, 2.45) is 5.41 Å². The molecular weight excluding hydrogens is 148 g/mol. The van der Waals surface area contributed by atoms with E-state index in [1.165, 1.54) is 5.57 Å². The second-order valence-electron chi connectivity index (χ2n) is 4.22. The van der Waals surface area contributed by atoms with Gasteiger partial charge < -0.3 is 9.83 Å². The smallest absolute Gasteiger partial charge is 0.376 e. The van der Waals surface area contributed by atoms with Crippen molar-refractivity contribution < 1.29 is 5.02 Å². The minimum Gasteiger partial charge on any atom is -0.437 e. The van der Waals surface area contributed by atoms with E-state index in [0.29, 0.717) is 5.41 Å². The summed E-state index contributed by atoms with van der Waals surface area (Å²) in [4.78, 5) is 2.09. The normalized spacial score (nSPS) is 26.3. The summed E-state index contributed by atoms with van der Waals surface area (Å²) < 4.78 is 0. The summed E-state index contributed by atoms with van der Waals surface area (Å²) in [7, 11) is 5.13. The van der Waals surface area contributed by atoms with Gasteiger partial charge in [0.15, 0.2) is 0 Å². The summed E-state index contributed by atoms with van der Waals surface area (Å²) in [6, 6.07) is 0. The molecule has 0 amide bonds. The van der Waals surface area contributed by atoms with Gasteiger partial charge in [-0.15, -0.1) is 5.98 Å². The van der Waals surface area contributed by atoms with Gasteiger partial charge in [-0.25, -0.2) is 0 Å². The Labute approximate surface area is 75.2 Å². The Morgan fingerprint density at radius 2 is 2.17 bits per heavy atom. The zero-order valence-electron chi connectivity index (χ0n) is 7.45. The Hall–Kier alpha value is -0.210. The highest BCUT2D eigenvalue weighted by atomic mass is 16.2. The van der Waals surface area contributed by atoms with Crippen LogP contribution in [0.25, 0.3) is 0 Å². The fraction of sp³-hybridized carbons (Fsp3) is 0.750. The fourth-order valence-electron chi connectivity index (χ4n) is 2.33. The molecule has 1 aliphatic carbocycles. The van der Waals surface area contributed by atoms with Gasteiger partial charge in [0, 0.05) is 5.41 Å². The molecule has 1 N–H and O–H groups in total. The largest absolute Gasteiger partial charge is 0.437 e. The van der Waals surface area contributed by atoms with Crippen LogP contribution in [0.5, 0.6) is 0 Å². The lowest BCUT2D eigenvalue weighted by Gasteiger charge is -2.58. The first-order valence-electron chi connectivity index (χ1n) is 4.47. The molecule has 62 valence electrons. The average Bonchev–Trinajstić information content (AvgIpc) is 1.81. The standard InChI is InChI=1S/C8H13B2NO/c1-10(12)11-5-8(6-11)2-7(3-8)4-9/h4,12H,2-3,5-6H2,1H3. The monoisotopic (exact) mass is 161 g/mol. The van der Waals surface area contributed by atoms with Crippen LogP contribution in [-0.2, 0) is 0 Å². The van der Waals surface area contributed by atoms with E-state index in [-0.39, 0.29) is 7.05 Å². The third kappa shape index (κ3) is 1.14. The van der Waals surface area contributed by atoms with Crippen LogP contribution in [0.1, 0.15) is 12.8 Å². The van der Waals surface area contributed by atoms with Gasteiger partial charge in [0.1, 0.15) is 7.85 Å². The van der Waals surface area contributed by atoms with E-state index < -0.39 is 0 Å². The molecule has 4 heteroatoms. The highest BCUT2D eigenvalue weighted by Crippen LogP contribution is 2.51. The second-order valence-corrected chi connectivity index (χ2v) is 4.22. The van der Waals surface area contributed by atoms with Crippen molar-refractivity contribution in [2.45, 2.75) is 19.7 Å². The van der Waals surface area contributed by atoms with Crippen LogP contribution < -0.4 is 0 Å². The van der Waals surface area contributed by atoms with Crippen LogP contribution in [0, 0.1) is 5.41 Å². The summed E-state index contributed by atoms with van der Waals surface area (Å²) >= 11 is 0. The summed E-state index contributed by atoms with van der Waals surface area (Å²) in [5.74, 6) is 1.73. The molecule has 0 aromatic rings. The van der Waals surface area contributed by atoms with E-state index in [4.69, 9.17) is 7.85 Å². The van der Waals surface area contributed by atoms with E-state index in [1.54, 1.807) is 5.98 Å². The van der Waals surface area contributed by atoms with Gasteiger partial charge in [0.2, 0.25) is 0 Å². The van der Waals surface area contributed by atoms with Gasteiger partial charge in [0.05, 0.1) is 0 Å². The summed E-state index contributed by atoms with van der Waals surface area (Å²) in [5.41, 5.74) is 1.86. The molecule has 1 spiro atoms. The minimum atomic E-state index is -0.276. The molecule has 1 saturated heterocycles. The molecule has 0 atom stereocenters. The van der Waals surface area contributed by atoms with Gasteiger partial charge in [-0.2, -0.15) is 0 Å². The maximum absolute atomic E-state index is 9.23. The second kappa shape index (κ2) is 2.64. The third-order valence-corrected chi connectivity index (χ3v) is 3.05. The molecule has 0 bridgehead atoms. The van der Waals surface area contributed by atoms with Crippen LogP contribution in [0.15, 0.2) is 11.5 Å². The molecule has 2 aliphatic rings. The Balaban J connectivity index is 1.83. The molecule has 2 radical (unpaired) electrons. The minimum absolute atomic E-state index is 0.276. The lowest BCUT2D eigenvalue weighted by molar-refractivity contribution is 0.0173. The fourth-order valence-corrected chi connectivity index (χ4v) is 2.33. The molecule has 0 unspecified atom stereocenters. The quantitative estimate of drug-likeness (QED) is 0.556. The predicted octanol–water partition coefficient (Wildman–Crippen LogP) is 0.245. The van der Waals surface area contributed by atoms with Crippen molar-refractivity contribution in [1.29, 1.82) is 0 Å². The van der Waals surface area contributed by atoms with E-state index >= 15 is 0 Å². The first-order valence-corrected chi connectivity index (χ1v) is 4.47. The van der Waals surface area contributed by atoms with E-state index in [9.17, 15) is 5.02 Å². The van der Waals surface area contributed by atoms with E-state index in [2.05, 4.69) is 4.81 Å². The van der Waals surface area contributed by atoms with Crippen LogP contribution in [0.2, 0.25) is 6.82 Å². The first kappa shape index (κ1) is 8.39. The molecule has 2 rings (SSSR count). The molecule has 2 nitrogen and oxygen atoms in total. The molecule has 12 heavy (non-hydrogen) atoms. The average molecular weight is 161 g/mol. The van der Waals surface area contributed by atoms with Crippen molar-refractivity contribution >= 4 is 14.9 Å². The molecule has 1 saturated carbocycles. The van der Waals surface area contributed by atoms with E-state index in [1.807, 2.05) is 6.82 Å². The van der Waals surface area contributed by atoms with Crippen molar-refractivity contribution in [3.63, 3.8) is 0 Å². The summed E-state index contributed by atoms with van der Waals surface area (Å²) in [6.07, 6.45) is 2.29. The number of allylic oxidation sites excluding steroid dienone is 1. The topological polar surface area (TPSA) is 23.5 Å². The lowest BCUT2D eigenvalue weighted by atomic mass is 9.57. The van der Waals surface area contributed by atoms with Gasteiger partial charge >= 0.3 is 7.05 Å². The number of hydrogen-bond donors (Lipinski definition) is 1. The van der Waals surface area contributed by atoms with Gasteiger partial charge in [-0.05, 0) is 32.8 Å². The third-order valence-electron chi connectivity index (χ3n) is 3.05. The van der Waals surface area contributed by atoms with Gasteiger partial charge in [0.25, 0.3) is 0 Å². The number of rotatable bonds is 1. The van der Waals surface area contributed by atoms with Crippen LogP contribution >= 0.6 is 0 Å². The predicted molar refractivity (Wildman–Crippen MR) is 50.9 cm³/mol. The first-order chi connectivity index (χ1) is 5.65. The summed E-state index contributed by atoms with van der Waals surface area (Å²) in [5, 5.41) is 9.23. The lowest BCUT2D eigenvalue weighted by Crippen LogP contribution is -2.64. The van der Waals surface area contributed by atoms with Crippen LogP contribution in [0.3, 0.4) is 0 Å². The zero-order chi connectivity index (χ0) is 8.77. The van der Waals surface area contributed by atoms with Gasteiger partial charge in [-0.1, -0.05) is 5.57 Å². The maximum atomic E-state index is 9.23. The molecule has 0 aromatic carbocycles. The van der Waals surface area contributed by atoms with Crippen molar-refractivity contribution in [3.05, 3.63) is 11.5 Å². The maximum Gasteiger partial charge on any atom is 0.376 e. The van der Waals surface area contributed by atoms with E-state index in [0.717, 1.165) is 25.9 Å². The molecule has 0 aromatic heterocycles. The zero-order valence-corrected chi connectivity index (χ0v) is 7.45. The highest BCUT2D eigenvalue weighted by Gasteiger charge is 2.50. The summed E-state index contributed by atoms with van der Waals surface area (Å²) in [6.45, 7) is 3.91. The molecule has 1 heterocycles. The highest BCUT2D eigenvalue weighted by molar-refractivity contribution is 6.45. The molecular formula is C8H13B2NO. The number of nitrogens with zero attached hydrogens (tertiary/aromatic N) is 1. The van der Waals surface area contributed by atoms with Crippen LogP contribution in [0.4, 0.5) is 0 Å². The SMILES string of the molecule is [B]C=C1CC2(C1)CN(B(C)O)C2. The Bertz CT molecular complexity index is 211. The Morgan fingerprint density at radius 1 is 1.58 bits per heavy atom. The van der Waals surface area contributed by atoms with Crippen LogP contribution in [-0.4, -0.2) is 37.8 Å². The van der Waals surface area contributed by atoms with Crippen molar-refractivity contribution in [2.75, 3.05) is 13.1 Å². The molecule has 2 fully saturated rings.